The summed E-state index contributed by atoms with van der Waals surface area (Å²) in [6, 6.07) is 20.2. The maximum absolute atomic E-state index is 11.9. The molecule has 0 bridgehead atoms. The topological polar surface area (TPSA) is 54.0 Å². The number of nitrogens with zero attached hydrogens (tertiary/aromatic N) is 2. The molecule has 2 aromatic carbocycles. The molecule has 2 aromatic rings. The highest BCUT2D eigenvalue weighted by molar-refractivity contribution is 5.77. The van der Waals surface area contributed by atoms with Gasteiger partial charge in [-0.2, -0.15) is 0 Å². The van der Waals surface area contributed by atoms with Crippen molar-refractivity contribution in [1.82, 2.24) is 15.1 Å². The van der Waals surface area contributed by atoms with Crippen LogP contribution >= 0.6 is 0 Å². The third-order valence-electron chi connectivity index (χ3n) is 4.94. The van der Waals surface area contributed by atoms with Crippen molar-refractivity contribution in [1.29, 1.82) is 0 Å². The van der Waals surface area contributed by atoms with Gasteiger partial charge in [-0.25, -0.2) is 0 Å². The number of carbonyl (C=O) groups excluding carboxylic acids is 1. The lowest BCUT2D eigenvalue weighted by Gasteiger charge is -2.34. The smallest absolute Gasteiger partial charge is 0.246 e. The van der Waals surface area contributed by atoms with Crippen molar-refractivity contribution in [2.24, 2.45) is 0 Å². The Kier molecular flexibility index (Phi) is 8.97. The molecule has 0 saturated carbocycles. The van der Waals surface area contributed by atoms with Gasteiger partial charge in [0.15, 0.2) is 0 Å². The predicted molar refractivity (Wildman–Crippen MR) is 114 cm³/mol. The number of hydrogen-bond donors (Lipinski definition) is 1. The van der Waals surface area contributed by atoms with Crippen LogP contribution in [-0.2, 0) is 16.1 Å². The van der Waals surface area contributed by atoms with E-state index in [1.165, 1.54) is 5.56 Å². The van der Waals surface area contributed by atoms with Gasteiger partial charge in [-0.1, -0.05) is 48.5 Å². The number of hydrogen-bond acceptors (Lipinski definition) is 5. The van der Waals surface area contributed by atoms with E-state index in [1.54, 1.807) is 0 Å². The Hall–Kier alpha value is -2.41. The van der Waals surface area contributed by atoms with E-state index in [-0.39, 0.29) is 12.5 Å². The minimum Gasteiger partial charge on any atom is -0.491 e. The normalized spacial score (nSPS) is 15.2. The van der Waals surface area contributed by atoms with Gasteiger partial charge in [-0.3, -0.25) is 14.6 Å². The van der Waals surface area contributed by atoms with Crippen molar-refractivity contribution in [2.45, 2.75) is 6.54 Å². The monoisotopic (exact) mass is 397 g/mol. The molecule has 0 atom stereocenters. The largest absolute Gasteiger partial charge is 0.491 e. The Balaban J connectivity index is 1.18. The average Bonchev–Trinajstić information content (AvgIpc) is 2.76. The summed E-state index contributed by atoms with van der Waals surface area (Å²) >= 11 is 0. The second kappa shape index (κ2) is 12.2. The van der Waals surface area contributed by atoms with Gasteiger partial charge in [0.05, 0.1) is 6.61 Å². The van der Waals surface area contributed by atoms with Gasteiger partial charge in [0.1, 0.15) is 19.0 Å². The molecule has 1 fully saturated rings. The van der Waals surface area contributed by atoms with Gasteiger partial charge in [-0.05, 0) is 17.7 Å². The molecule has 0 aromatic heterocycles. The Bertz CT molecular complexity index is 704. The fraction of sp³-hybridized carbons (Fsp3) is 0.435. The molecule has 29 heavy (non-hydrogen) atoms. The Morgan fingerprint density at radius 3 is 2.24 bits per heavy atom. The third kappa shape index (κ3) is 8.23. The number of rotatable bonds is 11. The van der Waals surface area contributed by atoms with Gasteiger partial charge < -0.3 is 14.8 Å². The number of nitrogens with one attached hydrogen (secondary N) is 1. The summed E-state index contributed by atoms with van der Waals surface area (Å²) in [7, 11) is 0. The molecule has 156 valence electrons. The second-order valence-electron chi connectivity index (χ2n) is 7.17. The van der Waals surface area contributed by atoms with E-state index < -0.39 is 0 Å². The molecule has 6 nitrogen and oxygen atoms in total. The van der Waals surface area contributed by atoms with Crippen LogP contribution in [-0.4, -0.2) is 74.8 Å². The maximum atomic E-state index is 11.9. The highest BCUT2D eigenvalue weighted by atomic mass is 16.5. The summed E-state index contributed by atoms with van der Waals surface area (Å²) in [5, 5.41) is 2.93. The lowest BCUT2D eigenvalue weighted by Crippen LogP contribution is -2.48. The number of para-hydroxylation sites is 1. The molecule has 1 aliphatic heterocycles. The number of ether oxygens (including phenoxy) is 2. The van der Waals surface area contributed by atoms with Crippen LogP contribution in [0.15, 0.2) is 60.7 Å². The van der Waals surface area contributed by atoms with Crippen LogP contribution in [0.3, 0.4) is 0 Å². The number of amides is 1. The minimum absolute atomic E-state index is 0.0724. The predicted octanol–water partition coefficient (Wildman–Crippen LogP) is 2.02. The van der Waals surface area contributed by atoms with Crippen molar-refractivity contribution in [3.05, 3.63) is 66.2 Å². The van der Waals surface area contributed by atoms with Crippen LogP contribution in [0.25, 0.3) is 0 Å². The number of benzene rings is 2. The molecule has 1 amide bonds. The molecule has 1 aliphatic rings. The number of carbonyl (C=O) groups is 1. The molecule has 3 rings (SSSR count). The molecule has 1 N–H and O–H groups in total. The van der Waals surface area contributed by atoms with Gasteiger partial charge in [0.25, 0.3) is 0 Å². The SMILES string of the molecule is O=C(COCCOc1ccccc1)NCCN1CCN(Cc2ccccc2)CC1. The first-order chi connectivity index (χ1) is 14.3. The summed E-state index contributed by atoms with van der Waals surface area (Å²) in [6.45, 7) is 7.65. The van der Waals surface area contributed by atoms with E-state index in [0.717, 1.165) is 45.0 Å². The Labute approximate surface area is 173 Å². The van der Waals surface area contributed by atoms with Crippen molar-refractivity contribution < 1.29 is 14.3 Å². The molecular formula is C23H31N3O3. The lowest BCUT2D eigenvalue weighted by atomic mass is 10.2. The van der Waals surface area contributed by atoms with Crippen molar-refractivity contribution in [3.63, 3.8) is 0 Å². The summed E-state index contributed by atoms with van der Waals surface area (Å²) in [4.78, 5) is 16.8. The van der Waals surface area contributed by atoms with E-state index in [1.807, 2.05) is 30.3 Å². The van der Waals surface area contributed by atoms with E-state index in [0.29, 0.717) is 19.8 Å². The zero-order chi connectivity index (χ0) is 20.2. The molecule has 1 heterocycles. The highest BCUT2D eigenvalue weighted by Crippen LogP contribution is 2.08. The van der Waals surface area contributed by atoms with Crippen molar-refractivity contribution in [2.75, 3.05) is 59.1 Å². The molecule has 0 aliphatic carbocycles. The Morgan fingerprint density at radius 2 is 1.52 bits per heavy atom. The van der Waals surface area contributed by atoms with Gasteiger partial charge in [0, 0.05) is 45.8 Å². The van der Waals surface area contributed by atoms with Gasteiger partial charge >= 0.3 is 0 Å². The van der Waals surface area contributed by atoms with E-state index in [2.05, 4.69) is 45.4 Å². The van der Waals surface area contributed by atoms with Crippen LogP contribution in [0.2, 0.25) is 0 Å². The first-order valence-electron chi connectivity index (χ1n) is 10.3. The van der Waals surface area contributed by atoms with Crippen molar-refractivity contribution >= 4 is 5.91 Å². The maximum Gasteiger partial charge on any atom is 0.246 e. The molecular weight excluding hydrogens is 366 g/mol. The molecule has 6 heteroatoms. The Morgan fingerprint density at radius 1 is 0.862 bits per heavy atom. The first kappa shape index (κ1) is 21.3. The van der Waals surface area contributed by atoms with Crippen LogP contribution in [0.4, 0.5) is 0 Å². The molecule has 0 spiro atoms. The van der Waals surface area contributed by atoms with Gasteiger partial charge in [-0.15, -0.1) is 0 Å². The molecule has 0 unspecified atom stereocenters. The van der Waals surface area contributed by atoms with Gasteiger partial charge in [0.2, 0.25) is 5.91 Å². The summed E-state index contributed by atoms with van der Waals surface area (Å²) < 4.78 is 10.9. The van der Waals surface area contributed by atoms with Crippen LogP contribution in [0.5, 0.6) is 5.75 Å². The summed E-state index contributed by atoms with van der Waals surface area (Å²) in [5.41, 5.74) is 1.36. The average molecular weight is 398 g/mol. The third-order valence-corrected chi connectivity index (χ3v) is 4.94. The molecule has 1 saturated heterocycles. The zero-order valence-electron chi connectivity index (χ0n) is 17.0. The minimum atomic E-state index is -0.0765. The standard InChI is InChI=1S/C23H31N3O3/c27-23(20-28-17-18-29-22-9-5-2-6-10-22)24-11-12-25-13-15-26(16-14-25)19-21-7-3-1-4-8-21/h1-10H,11-20H2,(H,24,27). The van der Waals surface area contributed by atoms with E-state index in [9.17, 15) is 4.79 Å². The second-order valence-corrected chi connectivity index (χ2v) is 7.17. The van der Waals surface area contributed by atoms with E-state index in [4.69, 9.17) is 9.47 Å². The summed E-state index contributed by atoms with van der Waals surface area (Å²) in [5.74, 6) is 0.733. The lowest BCUT2D eigenvalue weighted by molar-refractivity contribution is -0.125. The quantitative estimate of drug-likeness (QED) is 0.588. The van der Waals surface area contributed by atoms with Crippen LogP contribution in [0, 0.1) is 0 Å². The van der Waals surface area contributed by atoms with E-state index >= 15 is 0 Å². The molecule has 0 radical (unpaired) electrons. The summed E-state index contributed by atoms with van der Waals surface area (Å²) in [6.07, 6.45) is 0. The van der Waals surface area contributed by atoms with Crippen LogP contribution < -0.4 is 10.1 Å². The first-order valence-corrected chi connectivity index (χ1v) is 10.3. The fourth-order valence-corrected chi connectivity index (χ4v) is 3.32. The fourth-order valence-electron chi connectivity index (χ4n) is 3.32. The number of piperazine rings is 1. The van der Waals surface area contributed by atoms with Crippen molar-refractivity contribution in [3.8, 4) is 5.75 Å². The van der Waals surface area contributed by atoms with Crippen LogP contribution in [0.1, 0.15) is 5.56 Å². The zero-order valence-corrected chi connectivity index (χ0v) is 17.0. The highest BCUT2D eigenvalue weighted by Gasteiger charge is 2.16.